The van der Waals surface area contributed by atoms with Crippen molar-refractivity contribution < 1.29 is 9.47 Å². The molecule has 0 radical (unpaired) electrons. The minimum atomic E-state index is 0.350. The molecule has 0 saturated heterocycles. The van der Waals surface area contributed by atoms with E-state index >= 15 is 0 Å². The van der Waals surface area contributed by atoms with Gasteiger partial charge in [-0.05, 0) is 42.9 Å². The number of fused-ring (bicyclic) bond motifs is 1. The van der Waals surface area contributed by atoms with Crippen LogP contribution in [-0.4, -0.2) is 19.8 Å². The summed E-state index contributed by atoms with van der Waals surface area (Å²) < 4.78 is 11.2. The summed E-state index contributed by atoms with van der Waals surface area (Å²) in [5, 5.41) is 3.69. The zero-order valence-electron chi connectivity index (χ0n) is 12.6. The molecule has 1 unspecified atom stereocenters. The molecule has 1 saturated carbocycles. The molecule has 1 heterocycles. The fourth-order valence-corrected chi connectivity index (χ4v) is 3.25. The Morgan fingerprint density at radius 3 is 2.60 bits per heavy atom. The SMILES string of the molecule is CC(NCC1(C)CCCC1)c1ccc2c(c1)OCCO2. The maximum absolute atomic E-state index is 5.66. The van der Waals surface area contributed by atoms with Crippen molar-refractivity contribution in [1.82, 2.24) is 5.32 Å². The van der Waals surface area contributed by atoms with Crippen molar-refractivity contribution in [2.24, 2.45) is 5.41 Å². The van der Waals surface area contributed by atoms with Gasteiger partial charge in [0, 0.05) is 12.6 Å². The van der Waals surface area contributed by atoms with Crippen LogP contribution in [0.25, 0.3) is 0 Å². The number of hydrogen-bond donors (Lipinski definition) is 1. The van der Waals surface area contributed by atoms with Crippen molar-refractivity contribution in [3.05, 3.63) is 23.8 Å². The Hall–Kier alpha value is -1.22. The lowest BCUT2D eigenvalue weighted by Gasteiger charge is -2.27. The first kappa shape index (κ1) is 13.7. The molecule has 1 N–H and O–H groups in total. The van der Waals surface area contributed by atoms with Crippen molar-refractivity contribution in [1.29, 1.82) is 0 Å². The summed E-state index contributed by atoms with van der Waals surface area (Å²) in [6.45, 7) is 7.03. The molecule has 0 amide bonds. The fourth-order valence-electron chi connectivity index (χ4n) is 3.25. The van der Waals surface area contributed by atoms with Gasteiger partial charge in [-0.25, -0.2) is 0 Å². The van der Waals surface area contributed by atoms with Gasteiger partial charge in [-0.3, -0.25) is 0 Å². The zero-order chi connectivity index (χ0) is 14.0. The molecule has 0 aromatic heterocycles. The highest BCUT2D eigenvalue weighted by atomic mass is 16.6. The lowest BCUT2D eigenvalue weighted by atomic mass is 9.88. The summed E-state index contributed by atoms with van der Waals surface area (Å²) in [4.78, 5) is 0. The summed E-state index contributed by atoms with van der Waals surface area (Å²) >= 11 is 0. The Bertz CT molecular complexity index is 466. The molecule has 1 aromatic rings. The van der Waals surface area contributed by atoms with Crippen LogP contribution < -0.4 is 14.8 Å². The second-order valence-corrected chi connectivity index (χ2v) is 6.52. The standard InChI is InChI=1S/C17H25NO2/c1-13(18-12-17(2)7-3-4-8-17)14-5-6-15-16(11-14)20-10-9-19-15/h5-6,11,13,18H,3-4,7-10,12H2,1-2H3. The Labute approximate surface area is 121 Å². The van der Waals surface area contributed by atoms with E-state index in [1.54, 1.807) is 0 Å². The molecular formula is C17H25NO2. The highest BCUT2D eigenvalue weighted by molar-refractivity contribution is 5.44. The smallest absolute Gasteiger partial charge is 0.161 e. The number of rotatable bonds is 4. The van der Waals surface area contributed by atoms with Gasteiger partial charge in [0.25, 0.3) is 0 Å². The van der Waals surface area contributed by atoms with Gasteiger partial charge in [0.05, 0.1) is 0 Å². The van der Waals surface area contributed by atoms with Crippen molar-refractivity contribution in [3.8, 4) is 11.5 Å². The highest BCUT2D eigenvalue weighted by Gasteiger charge is 2.28. The summed E-state index contributed by atoms with van der Waals surface area (Å²) in [6.07, 6.45) is 5.48. The number of hydrogen-bond acceptors (Lipinski definition) is 3. The summed E-state index contributed by atoms with van der Waals surface area (Å²) in [6, 6.07) is 6.63. The molecule has 3 heteroatoms. The summed E-state index contributed by atoms with van der Waals surface area (Å²) in [5.74, 6) is 1.75. The van der Waals surface area contributed by atoms with E-state index < -0.39 is 0 Å². The zero-order valence-corrected chi connectivity index (χ0v) is 12.6. The molecule has 1 atom stereocenters. The van der Waals surface area contributed by atoms with Crippen LogP contribution in [0.1, 0.15) is 51.1 Å². The van der Waals surface area contributed by atoms with E-state index in [9.17, 15) is 0 Å². The Balaban J connectivity index is 1.63. The first-order chi connectivity index (χ1) is 9.66. The largest absolute Gasteiger partial charge is 0.486 e. The third-order valence-corrected chi connectivity index (χ3v) is 4.71. The molecular weight excluding hydrogens is 250 g/mol. The molecule has 20 heavy (non-hydrogen) atoms. The van der Waals surface area contributed by atoms with E-state index in [0.717, 1.165) is 18.0 Å². The topological polar surface area (TPSA) is 30.5 Å². The van der Waals surface area contributed by atoms with Crippen LogP contribution in [0.5, 0.6) is 11.5 Å². The van der Waals surface area contributed by atoms with Crippen molar-refractivity contribution in [3.63, 3.8) is 0 Å². The van der Waals surface area contributed by atoms with E-state index in [2.05, 4.69) is 31.3 Å². The van der Waals surface area contributed by atoms with Gasteiger partial charge in [-0.2, -0.15) is 0 Å². The van der Waals surface area contributed by atoms with E-state index in [1.165, 1.54) is 31.2 Å². The second-order valence-electron chi connectivity index (χ2n) is 6.52. The Kier molecular flexibility index (Phi) is 3.88. The van der Waals surface area contributed by atoms with Crippen molar-refractivity contribution >= 4 is 0 Å². The molecule has 0 bridgehead atoms. The minimum Gasteiger partial charge on any atom is -0.486 e. The van der Waals surface area contributed by atoms with Crippen LogP contribution in [0.2, 0.25) is 0 Å². The average Bonchev–Trinajstić information content (AvgIpc) is 2.91. The number of ether oxygens (including phenoxy) is 2. The van der Waals surface area contributed by atoms with Crippen molar-refractivity contribution in [2.45, 2.75) is 45.6 Å². The van der Waals surface area contributed by atoms with E-state index in [4.69, 9.17) is 9.47 Å². The molecule has 110 valence electrons. The van der Waals surface area contributed by atoms with Gasteiger partial charge >= 0.3 is 0 Å². The van der Waals surface area contributed by atoms with Crippen LogP contribution in [0.4, 0.5) is 0 Å². The lowest BCUT2D eigenvalue weighted by Crippen LogP contribution is -2.31. The summed E-state index contributed by atoms with van der Waals surface area (Å²) in [5.41, 5.74) is 1.76. The maximum Gasteiger partial charge on any atom is 0.161 e. The Morgan fingerprint density at radius 2 is 1.85 bits per heavy atom. The van der Waals surface area contributed by atoms with Gasteiger partial charge in [0.15, 0.2) is 11.5 Å². The third kappa shape index (κ3) is 2.93. The van der Waals surface area contributed by atoms with Gasteiger partial charge in [0.1, 0.15) is 13.2 Å². The first-order valence-corrected chi connectivity index (χ1v) is 7.79. The third-order valence-electron chi connectivity index (χ3n) is 4.71. The van der Waals surface area contributed by atoms with Crippen LogP contribution in [0, 0.1) is 5.41 Å². The quantitative estimate of drug-likeness (QED) is 0.909. The van der Waals surface area contributed by atoms with Gasteiger partial charge < -0.3 is 14.8 Å². The molecule has 1 aromatic carbocycles. The monoisotopic (exact) mass is 275 g/mol. The number of benzene rings is 1. The van der Waals surface area contributed by atoms with Crippen LogP contribution >= 0.6 is 0 Å². The van der Waals surface area contributed by atoms with Crippen LogP contribution in [-0.2, 0) is 0 Å². The highest BCUT2D eigenvalue weighted by Crippen LogP contribution is 2.37. The molecule has 1 aliphatic carbocycles. The van der Waals surface area contributed by atoms with E-state index in [0.29, 0.717) is 24.7 Å². The minimum absolute atomic E-state index is 0.350. The fraction of sp³-hybridized carbons (Fsp3) is 0.647. The van der Waals surface area contributed by atoms with Crippen molar-refractivity contribution in [2.75, 3.05) is 19.8 Å². The normalized spacial score (nSPS) is 21.7. The van der Waals surface area contributed by atoms with Crippen LogP contribution in [0.3, 0.4) is 0 Å². The predicted octanol–water partition coefficient (Wildman–Crippen LogP) is 3.69. The van der Waals surface area contributed by atoms with Gasteiger partial charge in [-0.1, -0.05) is 25.8 Å². The second kappa shape index (κ2) is 5.65. The predicted molar refractivity (Wildman–Crippen MR) is 80.4 cm³/mol. The Morgan fingerprint density at radius 1 is 1.15 bits per heavy atom. The van der Waals surface area contributed by atoms with Gasteiger partial charge in [0.2, 0.25) is 0 Å². The molecule has 3 rings (SSSR count). The average molecular weight is 275 g/mol. The number of nitrogens with one attached hydrogen (secondary N) is 1. The molecule has 1 aliphatic heterocycles. The van der Waals surface area contributed by atoms with Crippen LogP contribution in [0.15, 0.2) is 18.2 Å². The van der Waals surface area contributed by atoms with E-state index in [1.807, 2.05) is 6.07 Å². The molecule has 2 aliphatic rings. The first-order valence-electron chi connectivity index (χ1n) is 7.79. The summed E-state index contributed by atoms with van der Waals surface area (Å²) in [7, 11) is 0. The lowest BCUT2D eigenvalue weighted by molar-refractivity contribution is 0.171. The van der Waals surface area contributed by atoms with Gasteiger partial charge in [-0.15, -0.1) is 0 Å². The molecule has 1 fully saturated rings. The maximum atomic E-state index is 5.66. The van der Waals surface area contributed by atoms with E-state index in [-0.39, 0.29) is 0 Å². The molecule has 3 nitrogen and oxygen atoms in total. The molecule has 0 spiro atoms.